The Labute approximate surface area is 184 Å². The van der Waals surface area contributed by atoms with E-state index in [2.05, 4.69) is 11.6 Å². The molecule has 2 saturated heterocycles. The second kappa shape index (κ2) is 11.1. The molecule has 7 nitrogen and oxygen atoms in total. The molecule has 0 unspecified atom stereocenters. The van der Waals surface area contributed by atoms with Crippen LogP contribution in [0.3, 0.4) is 0 Å². The van der Waals surface area contributed by atoms with Crippen molar-refractivity contribution in [3.63, 3.8) is 0 Å². The average Bonchev–Trinajstić information content (AvgIpc) is 2.76. The highest BCUT2D eigenvalue weighted by Crippen LogP contribution is 2.40. The van der Waals surface area contributed by atoms with Gasteiger partial charge in [-0.3, -0.25) is 14.6 Å². The van der Waals surface area contributed by atoms with Crippen LogP contribution in [0.25, 0.3) is 0 Å². The zero-order valence-corrected chi connectivity index (χ0v) is 17.8. The summed E-state index contributed by atoms with van der Waals surface area (Å²) in [6.07, 6.45) is 5.12. The quantitative estimate of drug-likeness (QED) is 0.687. The van der Waals surface area contributed by atoms with E-state index in [0.717, 1.165) is 50.9 Å². The largest absolute Gasteiger partial charge is 0.490 e. The van der Waals surface area contributed by atoms with Gasteiger partial charge < -0.3 is 14.9 Å². The number of hydrogen-bond acceptors (Lipinski definition) is 4. The topological polar surface area (TPSA) is 90.8 Å². The Kier molecular flexibility index (Phi) is 8.80. The second-order valence-electron chi connectivity index (χ2n) is 8.12. The minimum Gasteiger partial charge on any atom is -0.475 e. The molecule has 1 N–H and O–H groups in total. The Morgan fingerprint density at radius 1 is 1.19 bits per heavy atom. The summed E-state index contributed by atoms with van der Waals surface area (Å²) >= 11 is 0. The number of allylic oxidation sites excluding steroid dienone is 1. The first-order chi connectivity index (χ1) is 15.1. The lowest BCUT2D eigenvalue weighted by Crippen LogP contribution is -2.52. The second-order valence-corrected chi connectivity index (χ2v) is 8.12. The fourth-order valence-corrected chi connectivity index (χ4v) is 3.98. The highest BCUT2D eigenvalue weighted by atomic mass is 19.4. The smallest absolute Gasteiger partial charge is 0.475 e. The van der Waals surface area contributed by atoms with Crippen LogP contribution in [0.5, 0.6) is 0 Å². The average molecular weight is 455 g/mol. The van der Waals surface area contributed by atoms with Gasteiger partial charge >= 0.3 is 12.1 Å². The van der Waals surface area contributed by atoms with E-state index in [-0.39, 0.29) is 17.2 Å². The zero-order valence-electron chi connectivity index (χ0n) is 17.8. The minimum atomic E-state index is -5.08. The normalized spacial score (nSPS) is 18.0. The van der Waals surface area contributed by atoms with Gasteiger partial charge in [0.05, 0.1) is 0 Å². The zero-order chi connectivity index (χ0) is 23.8. The number of carbonyl (C=O) groups excluding carboxylic acids is 2. The number of piperidine rings is 2. The van der Waals surface area contributed by atoms with Crippen molar-refractivity contribution in [1.29, 1.82) is 0 Å². The van der Waals surface area contributed by atoms with Crippen LogP contribution >= 0.6 is 0 Å². The van der Waals surface area contributed by atoms with Gasteiger partial charge in [-0.1, -0.05) is 6.08 Å². The van der Waals surface area contributed by atoms with Crippen LogP contribution in [-0.2, 0) is 20.9 Å². The van der Waals surface area contributed by atoms with Crippen LogP contribution in [0.2, 0.25) is 0 Å². The van der Waals surface area contributed by atoms with Gasteiger partial charge in [-0.05, 0) is 48.8 Å². The lowest BCUT2D eigenvalue weighted by Gasteiger charge is -2.47. The van der Waals surface area contributed by atoms with Crippen molar-refractivity contribution in [3.05, 3.63) is 42.7 Å². The maximum atomic E-state index is 12.4. The van der Waals surface area contributed by atoms with Gasteiger partial charge in [0, 0.05) is 51.4 Å². The molecule has 0 saturated carbocycles. The molecule has 0 aromatic carbocycles. The van der Waals surface area contributed by atoms with Crippen LogP contribution in [0.1, 0.15) is 44.1 Å². The number of nitrogens with zero attached hydrogens (tertiary/aromatic N) is 3. The Morgan fingerprint density at radius 2 is 1.78 bits per heavy atom. The fraction of sp³-hybridized carbons (Fsp3) is 0.545. The first-order valence-electron chi connectivity index (χ1n) is 10.4. The van der Waals surface area contributed by atoms with Crippen molar-refractivity contribution in [2.45, 2.75) is 51.2 Å². The Bertz CT molecular complexity index is 806. The number of rotatable bonds is 5. The summed E-state index contributed by atoms with van der Waals surface area (Å²) < 4.78 is 31.7. The molecule has 0 aliphatic carbocycles. The van der Waals surface area contributed by atoms with E-state index in [9.17, 15) is 22.8 Å². The number of alkyl halides is 3. The molecule has 2 aliphatic heterocycles. The standard InChI is InChI=1S/C20H27N3O2.C2HF3O2/c1-2-3-4-18(24)22-13-9-20(10-14-22)8-5-19(25)23(16-20)15-17-6-11-21-12-7-17;3-2(4,5)1(6)7/h2,6-7,11-12H,1,3-5,8-10,13-16H2;(H,6,7). The first-order valence-corrected chi connectivity index (χ1v) is 10.4. The van der Waals surface area contributed by atoms with Crippen LogP contribution in [-0.4, -0.2) is 63.5 Å². The van der Waals surface area contributed by atoms with Gasteiger partial charge in [-0.2, -0.15) is 13.2 Å². The molecule has 0 bridgehead atoms. The molecular weight excluding hydrogens is 427 g/mol. The molecule has 2 fully saturated rings. The summed E-state index contributed by atoms with van der Waals surface area (Å²) in [6.45, 7) is 6.78. The maximum absolute atomic E-state index is 12.4. The summed E-state index contributed by atoms with van der Waals surface area (Å²) in [6, 6.07) is 3.94. The van der Waals surface area contributed by atoms with E-state index >= 15 is 0 Å². The van der Waals surface area contributed by atoms with Gasteiger partial charge in [0.1, 0.15) is 0 Å². The van der Waals surface area contributed by atoms with Crippen molar-refractivity contribution >= 4 is 17.8 Å². The number of aromatic nitrogens is 1. The van der Waals surface area contributed by atoms with Gasteiger partial charge in [-0.25, -0.2) is 4.79 Å². The van der Waals surface area contributed by atoms with Gasteiger partial charge in [0.25, 0.3) is 0 Å². The van der Waals surface area contributed by atoms with E-state index in [1.54, 1.807) is 18.5 Å². The number of halogens is 3. The van der Waals surface area contributed by atoms with Crippen LogP contribution in [0.15, 0.2) is 37.2 Å². The lowest BCUT2D eigenvalue weighted by molar-refractivity contribution is -0.192. The summed E-state index contributed by atoms with van der Waals surface area (Å²) in [4.78, 5) is 41.5. The van der Waals surface area contributed by atoms with Crippen LogP contribution in [0.4, 0.5) is 13.2 Å². The molecule has 3 rings (SSSR count). The van der Waals surface area contributed by atoms with E-state index in [4.69, 9.17) is 9.90 Å². The molecule has 2 amide bonds. The number of likely N-dealkylation sites (tertiary alicyclic amines) is 2. The van der Waals surface area contributed by atoms with Crippen molar-refractivity contribution in [3.8, 4) is 0 Å². The lowest BCUT2D eigenvalue weighted by atomic mass is 9.72. The third kappa shape index (κ3) is 7.35. The molecule has 1 aromatic rings. The molecule has 3 heterocycles. The number of amides is 2. The molecule has 1 aromatic heterocycles. The van der Waals surface area contributed by atoms with Crippen molar-refractivity contribution in [2.24, 2.45) is 5.41 Å². The highest BCUT2D eigenvalue weighted by molar-refractivity contribution is 5.78. The molecule has 10 heteroatoms. The Morgan fingerprint density at radius 3 is 2.31 bits per heavy atom. The Balaban J connectivity index is 0.000000451. The molecule has 176 valence electrons. The maximum Gasteiger partial charge on any atom is 0.490 e. The summed E-state index contributed by atoms with van der Waals surface area (Å²) in [5.74, 6) is -2.28. The van der Waals surface area contributed by atoms with E-state index < -0.39 is 12.1 Å². The van der Waals surface area contributed by atoms with Crippen molar-refractivity contribution < 1.29 is 32.7 Å². The minimum absolute atomic E-state index is 0.177. The summed E-state index contributed by atoms with van der Waals surface area (Å²) in [5.41, 5.74) is 1.30. The summed E-state index contributed by atoms with van der Waals surface area (Å²) in [7, 11) is 0. The highest BCUT2D eigenvalue weighted by Gasteiger charge is 2.41. The third-order valence-corrected chi connectivity index (χ3v) is 5.85. The number of carbonyl (C=O) groups is 3. The van der Waals surface area contributed by atoms with Crippen LogP contribution < -0.4 is 0 Å². The number of carboxylic acid groups (broad SMARTS) is 1. The summed E-state index contributed by atoms with van der Waals surface area (Å²) in [5, 5.41) is 7.12. The predicted octanol–water partition coefficient (Wildman–Crippen LogP) is 3.41. The SMILES string of the molecule is C=CCCC(=O)N1CCC2(CCC(=O)N(Cc3ccncc3)C2)CC1.O=C(O)C(F)(F)F. The van der Waals surface area contributed by atoms with Crippen molar-refractivity contribution in [2.75, 3.05) is 19.6 Å². The number of aliphatic carboxylic acids is 1. The first kappa shape index (κ1) is 25.4. The molecule has 0 atom stereocenters. The van der Waals surface area contributed by atoms with Gasteiger partial charge in [0.15, 0.2) is 0 Å². The van der Waals surface area contributed by atoms with Gasteiger partial charge in [0.2, 0.25) is 11.8 Å². The number of carboxylic acids is 1. The van der Waals surface area contributed by atoms with E-state index in [1.165, 1.54) is 0 Å². The number of pyridine rings is 1. The molecule has 2 aliphatic rings. The molecule has 32 heavy (non-hydrogen) atoms. The van der Waals surface area contributed by atoms with E-state index in [0.29, 0.717) is 19.4 Å². The predicted molar refractivity (Wildman–Crippen MR) is 110 cm³/mol. The Hall–Kier alpha value is -2.91. The molecular formula is C22H28F3N3O4. The third-order valence-electron chi connectivity index (χ3n) is 5.85. The van der Waals surface area contributed by atoms with Crippen molar-refractivity contribution in [1.82, 2.24) is 14.8 Å². The van der Waals surface area contributed by atoms with Crippen LogP contribution in [0, 0.1) is 5.41 Å². The molecule has 1 spiro atoms. The van der Waals surface area contributed by atoms with Gasteiger partial charge in [-0.15, -0.1) is 6.58 Å². The fourth-order valence-electron chi connectivity index (χ4n) is 3.98. The monoisotopic (exact) mass is 455 g/mol. The van der Waals surface area contributed by atoms with E-state index in [1.807, 2.05) is 21.9 Å². The number of hydrogen-bond donors (Lipinski definition) is 1. The molecule has 0 radical (unpaired) electrons.